The number of furan rings is 1. The number of halogens is 1. The fourth-order valence-corrected chi connectivity index (χ4v) is 5.64. The number of ether oxygens (including phenoxy) is 3. The van der Waals surface area contributed by atoms with Crippen molar-refractivity contribution >= 4 is 27.9 Å². The number of benzene rings is 1. The van der Waals surface area contributed by atoms with Gasteiger partial charge in [-0.05, 0) is 52.0 Å². The van der Waals surface area contributed by atoms with Crippen molar-refractivity contribution in [1.82, 2.24) is 4.31 Å². The smallest absolute Gasteiger partial charge is 0.346 e. The van der Waals surface area contributed by atoms with Crippen LogP contribution in [0, 0.1) is 6.92 Å². The van der Waals surface area contributed by atoms with Crippen LogP contribution >= 0.6 is 0 Å². The highest BCUT2D eigenvalue weighted by Gasteiger charge is 2.72. The average Bonchev–Trinajstić information content (AvgIpc) is 3.44. The van der Waals surface area contributed by atoms with Gasteiger partial charge in [0.15, 0.2) is 0 Å². The van der Waals surface area contributed by atoms with Crippen molar-refractivity contribution in [2.24, 2.45) is 0 Å². The number of nitrogens with zero attached hydrogens (tertiary/aromatic N) is 1. The number of rotatable bonds is 9. The summed E-state index contributed by atoms with van der Waals surface area (Å²) >= 11 is 0. The first-order valence-corrected chi connectivity index (χ1v) is 12.6. The van der Waals surface area contributed by atoms with Crippen LogP contribution in [-0.2, 0) is 38.6 Å². The van der Waals surface area contributed by atoms with Gasteiger partial charge in [0.1, 0.15) is 17.3 Å². The molecule has 0 bridgehead atoms. The van der Waals surface area contributed by atoms with Crippen molar-refractivity contribution in [1.29, 1.82) is 0 Å². The molecule has 1 aliphatic rings. The monoisotopic (exact) mass is 523 g/mol. The Bertz CT molecular complexity index is 1250. The summed E-state index contributed by atoms with van der Waals surface area (Å²) in [7, 11) is -4.99. The van der Waals surface area contributed by atoms with Gasteiger partial charge in [0, 0.05) is 0 Å². The molecule has 0 amide bonds. The van der Waals surface area contributed by atoms with Gasteiger partial charge < -0.3 is 18.6 Å². The first-order chi connectivity index (χ1) is 17.1. The maximum atomic E-state index is 16.3. The summed E-state index contributed by atoms with van der Waals surface area (Å²) in [6.07, 6.45) is 1.16. The lowest BCUT2D eigenvalue weighted by molar-refractivity contribution is -0.171. The van der Waals surface area contributed by atoms with E-state index < -0.39 is 55.8 Å². The summed E-state index contributed by atoms with van der Waals surface area (Å²) in [5, 5.41) is 0. The van der Waals surface area contributed by atoms with Crippen molar-refractivity contribution in [2.75, 3.05) is 19.8 Å². The van der Waals surface area contributed by atoms with Crippen LogP contribution in [0.1, 0.15) is 38.0 Å². The molecule has 1 aliphatic heterocycles. The lowest BCUT2D eigenvalue weighted by Gasteiger charge is -2.37. The van der Waals surface area contributed by atoms with Gasteiger partial charge in [-0.15, -0.1) is 0 Å². The van der Waals surface area contributed by atoms with E-state index in [0.717, 1.165) is 6.26 Å². The Morgan fingerprint density at radius 2 is 1.53 bits per heavy atom. The van der Waals surface area contributed by atoms with Gasteiger partial charge >= 0.3 is 17.9 Å². The van der Waals surface area contributed by atoms with Gasteiger partial charge in [-0.2, -0.15) is 4.39 Å². The summed E-state index contributed by atoms with van der Waals surface area (Å²) in [5.74, 6) is -8.03. The molecule has 0 spiro atoms. The molecule has 0 N–H and O–H groups in total. The van der Waals surface area contributed by atoms with Crippen LogP contribution in [0.2, 0.25) is 0 Å². The predicted octanol–water partition coefficient (Wildman–Crippen LogP) is 2.99. The Morgan fingerprint density at radius 3 is 2.00 bits per heavy atom. The molecule has 0 aliphatic carbocycles. The Kier molecular flexibility index (Phi) is 7.87. The number of hydrogen-bond donors (Lipinski definition) is 0. The Morgan fingerprint density at radius 1 is 0.972 bits per heavy atom. The maximum absolute atomic E-state index is 16.3. The van der Waals surface area contributed by atoms with E-state index >= 15 is 4.39 Å². The molecule has 3 rings (SSSR count). The number of aryl methyl sites for hydroxylation is 1. The molecular weight excluding hydrogens is 497 g/mol. The molecule has 1 aromatic carbocycles. The van der Waals surface area contributed by atoms with Crippen molar-refractivity contribution in [3.8, 4) is 0 Å². The van der Waals surface area contributed by atoms with Gasteiger partial charge in [0.05, 0.1) is 31.0 Å². The third kappa shape index (κ3) is 4.25. The fraction of sp³-hybridized carbons (Fsp3) is 0.375. The first-order valence-electron chi connectivity index (χ1n) is 11.2. The van der Waals surface area contributed by atoms with Gasteiger partial charge in [-0.25, -0.2) is 27.1 Å². The molecule has 0 radical (unpaired) electrons. The molecule has 10 nitrogen and oxygen atoms in total. The standard InChI is InChI=1S/C24H26FNO9S/c1-5-32-21(27)18-19(17-9-8-14-35-17)24(22(28)33-6-2,23(29)34-7-3)26(20(18)25)36(30,31)16-12-10-15(4)11-13-16/h8-14,19H,5-7H2,1-4H3. The largest absolute Gasteiger partial charge is 0.469 e. The predicted molar refractivity (Wildman–Crippen MR) is 122 cm³/mol. The zero-order valence-electron chi connectivity index (χ0n) is 20.1. The van der Waals surface area contributed by atoms with E-state index in [4.69, 9.17) is 18.6 Å². The maximum Gasteiger partial charge on any atom is 0.346 e. The van der Waals surface area contributed by atoms with Crippen LogP contribution < -0.4 is 0 Å². The van der Waals surface area contributed by atoms with E-state index in [1.807, 2.05) is 0 Å². The molecule has 0 saturated heterocycles. The minimum absolute atomic E-state index is 0.0416. The number of esters is 3. The summed E-state index contributed by atoms with van der Waals surface area (Å²) in [6, 6.07) is 7.92. The number of carbonyl (C=O) groups excluding carboxylic acids is 3. The normalized spacial score (nSPS) is 17.1. The third-order valence-corrected chi connectivity index (χ3v) is 7.28. The summed E-state index contributed by atoms with van der Waals surface area (Å²) in [5.41, 5.74) is -3.24. The highest BCUT2D eigenvalue weighted by atomic mass is 32.2. The molecule has 0 fully saturated rings. The number of carbonyl (C=O) groups is 3. The SMILES string of the molecule is CCOC(=O)C1=C(F)N(S(=O)(=O)c2ccc(C)cc2)C(C(=O)OCC)(C(=O)OCC)C1c1ccco1. The Labute approximate surface area is 207 Å². The van der Waals surface area contributed by atoms with Gasteiger partial charge in [0.2, 0.25) is 5.95 Å². The summed E-state index contributed by atoms with van der Waals surface area (Å²) < 4.78 is 64.6. The molecule has 1 atom stereocenters. The minimum atomic E-state index is -4.99. The zero-order valence-corrected chi connectivity index (χ0v) is 21.0. The van der Waals surface area contributed by atoms with Crippen LogP contribution in [0.4, 0.5) is 4.39 Å². The highest BCUT2D eigenvalue weighted by Crippen LogP contribution is 2.53. The van der Waals surface area contributed by atoms with Crippen molar-refractivity contribution < 1.29 is 45.8 Å². The van der Waals surface area contributed by atoms with Gasteiger partial charge in [-0.1, -0.05) is 17.7 Å². The van der Waals surface area contributed by atoms with E-state index in [1.54, 1.807) is 6.92 Å². The zero-order chi connectivity index (χ0) is 26.7. The van der Waals surface area contributed by atoms with E-state index in [2.05, 4.69) is 0 Å². The van der Waals surface area contributed by atoms with Crippen molar-refractivity contribution in [2.45, 2.75) is 44.0 Å². The van der Waals surface area contributed by atoms with Crippen LogP contribution in [0.25, 0.3) is 0 Å². The molecule has 1 unspecified atom stereocenters. The summed E-state index contributed by atoms with van der Waals surface area (Å²) in [6.45, 7) is 5.22. The second-order valence-corrected chi connectivity index (χ2v) is 9.45. The molecule has 0 saturated carbocycles. The second kappa shape index (κ2) is 10.5. The molecule has 194 valence electrons. The quantitative estimate of drug-likeness (QED) is 0.211. The van der Waals surface area contributed by atoms with Crippen molar-refractivity contribution in [3.63, 3.8) is 0 Å². The highest BCUT2D eigenvalue weighted by molar-refractivity contribution is 7.89. The first kappa shape index (κ1) is 26.9. The number of hydrogen-bond acceptors (Lipinski definition) is 9. The Balaban J connectivity index is 2.47. The van der Waals surface area contributed by atoms with Gasteiger partial charge in [0.25, 0.3) is 15.6 Å². The number of sulfonamides is 1. The van der Waals surface area contributed by atoms with Crippen LogP contribution in [0.3, 0.4) is 0 Å². The summed E-state index contributed by atoms with van der Waals surface area (Å²) in [4.78, 5) is 39.7. The average molecular weight is 524 g/mol. The van der Waals surface area contributed by atoms with Crippen LogP contribution in [0.5, 0.6) is 0 Å². The van der Waals surface area contributed by atoms with Gasteiger partial charge in [-0.3, -0.25) is 0 Å². The van der Waals surface area contributed by atoms with E-state index in [0.29, 0.717) is 5.56 Å². The topological polar surface area (TPSA) is 129 Å². The third-order valence-electron chi connectivity index (χ3n) is 5.48. The minimum Gasteiger partial charge on any atom is -0.469 e. The van der Waals surface area contributed by atoms with Crippen LogP contribution in [-0.4, -0.2) is 56.0 Å². The second-order valence-electron chi connectivity index (χ2n) is 7.66. The Hall–Kier alpha value is -3.67. The molecule has 36 heavy (non-hydrogen) atoms. The van der Waals surface area contributed by atoms with Crippen LogP contribution in [0.15, 0.2) is 63.5 Å². The fourth-order valence-electron chi connectivity index (χ4n) is 4.00. The van der Waals surface area contributed by atoms with E-state index in [9.17, 15) is 22.8 Å². The molecule has 2 heterocycles. The molecule has 2 aromatic rings. The molecule has 12 heteroatoms. The lowest BCUT2D eigenvalue weighted by atomic mass is 9.80. The molecular formula is C24H26FNO9S. The van der Waals surface area contributed by atoms with Crippen molar-refractivity contribution in [3.05, 3.63) is 65.5 Å². The molecule has 1 aromatic heterocycles. The lowest BCUT2D eigenvalue weighted by Crippen LogP contribution is -2.62. The van der Waals surface area contributed by atoms with E-state index in [1.165, 1.54) is 57.2 Å². The van der Waals surface area contributed by atoms with E-state index in [-0.39, 0.29) is 29.9 Å².